The number of esters is 1. The van der Waals surface area contributed by atoms with Gasteiger partial charge in [0.05, 0.1) is 6.61 Å². The van der Waals surface area contributed by atoms with Crippen LogP contribution in [0.25, 0.3) is 0 Å². The molecule has 110 valence electrons. The number of hydrogen-bond acceptors (Lipinski definition) is 3. The van der Waals surface area contributed by atoms with Crippen LogP contribution in [0.1, 0.15) is 24.1 Å². The van der Waals surface area contributed by atoms with Crippen LogP contribution in [-0.2, 0) is 16.1 Å². The fourth-order valence-corrected chi connectivity index (χ4v) is 2.26. The molecule has 1 unspecified atom stereocenters. The van der Waals surface area contributed by atoms with Crippen molar-refractivity contribution in [1.82, 2.24) is 5.32 Å². The summed E-state index contributed by atoms with van der Waals surface area (Å²) in [5, 5.41) is 3.83. The zero-order valence-corrected chi connectivity index (χ0v) is 12.6. The van der Waals surface area contributed by atoms with Gasteiger partial charge in [0, 0.05) is 11.6 Å². The molecule has 0 aliphatic heterocycles. The smallest absolute Gasteiger partial charge is 0.327 e. The summed E-state index contributed by atoms with van der Waals surface area (Å²) in [6.45, 7) is 2.73. The van der Waals surface area contributed by atoms with E-state index in [1.807, 2.05) is 42.5 Å². The summed E-state index contributed by atoms with van der Waals surface area (Å²) in [5.41, 5.74) is 1.91. The van der Waals surface area contributed by atoms with Crippen molar-refractivity contribution >= 4 is 17.6 Å². The van der Waals surface area contributed by atoms with Crippen LogP contribution in [0.3, 0.4) is 0 Å². The van der Waals surface area contributed by atoms with Crippen molar-refractivity contribution < 1.29 is 9.53 Å². The molecule has 2 rings (SSSR count). The lowest BCUT2D eigenvalue weighted by Crippen LogP contribution is -2.30. The number of carbonyl (C=O) groups is 1. The zero-order chi connectivity index (χ0) is 15.1. The highest BCUT2D eigenvalue weighted by Crippen LogP contribution is 2.19. The number of benzene rings is 2. The Morgan fingerprint density at radius 1 is 1.19 bits per heavy atom. The Morgan fingerprint density at radius 2 is 1.95 bits per heavy atom. The molecule has 0 fully saturated rings. The third-order valence-corrected chi connectivity index (χ3v) is 3.29. The predicted molar refractivity (Wildman–Crippen MR) is 84.1 cm³/mol. The van der Waals surface area contributed by atoms with E-state index in [0.717, 1.165) is 11.1 Å². The first kappa shape index (κ1) is 15.5. The first-order chi connectivity index (χ1) is 10.2. The van der Waals surface area contributed by atoms with Gasteiger partial charge < -0.3 is 4.74 Å². The molecule has 0 aliphatic carbocycles. The molecule has 0 amide bonds. The number of ether oxygens (including phenoxy) is 1. The third-order valence-electron chi connectivity index (χ3n) is 3.06. The fraction of sp³-hybridized carbons (Fsp3) is 0.235. The molecular formula is C17H18ClNO2. The molecule has 0 bridgehead atoms. The second-order valence-electron chi connectivity index (χ2n) is 4.61. The summed E-state index contributed by atoms with van der Waals surface area (Å²) >= 11 is 6.01. The monoisotopic (exact) mass is 303 g/mol. The van der Waals surface area contributed by atoms with Crippen molar-refractivity contribution in [3.8, 4) is 0 Å². The van der Waals surface area contributed by atoms with E-state index < -0.39 is 6.04 Å². The third kappa shape index (κ3) is 4.59. The maximum atomic E-state index is 12.1. The molecule has 4 heteroatoms. The Labute approximate surface area is 129 Å². The molecule has 0 saturated heterocycles. The summed E-state index contributed by atoms with van der Waals surface area (Å²) in [4.78, 5) is 12.1. The second kappa shape index (κ2) is 7.81. The Balaban J connectivity index is 2.14. The number of nitrogens with one attached hydrogen (secondary N) is 1. The van der Waals surface area contributed by atoms with Gasteiger partial charge in [0.2, 0.25) is 0 Å². The van der Waals surface area contributed by atoms with E-state index in [0.29, 0.717) is 18.2 Å². The first-order valence-corrected chi connectivity index (χ1v) is 7.28. The maximum Gasteiger partial charge on any atom is 0.327 e. The summed E-state index contributed by atoms with van der Waals surface area (Å²) < 4.78 is 5.14. The Kier molecular flexibility index (Phi) is 5.78. The Morgan fingerprint density at radius 3 is 2.62 bits per heavy atom. The largest absolute Gasteiger partial charge is 0.465 e. The van der Waals surface area contributed by atoms with Gasteiger partial charge in [0.15, 0.2) is 0 Å². The van der Waals surface area contributed by atoms with Crippen LogP contribution in [0.15, 0.2) is 54.6 Å². The van der Waals surface area contributed by atoms with Gasteiger partial charge in [-0.1, -0.05) is 54.1 Å². The molecule has 2 aromatic carbocycles. The number of carbonyl (C=O) groups excluding carboxylic acids is 1. The van der Waals surface area contributed by atoms with Crippen molar-refractivity contribution in [2.45, 2.75) is 19.5 Å². The molecule has 0 spiro atoms. The molecule has 3 nitrogen and oxygen atoms in total. The van der Waals surface area contributed by atoms with E-state index in [1.54, 1.807) is 19.1 Å². The van der Waals surface area contributed by atoms with Crippen molar-refractivity contribution in [3.05, 3.63) is 70.7 Å². The van der Waals surface area contributed by atoms with E-state index in [9.17, 15) is 4.79 Å². The minimum atomic E-state index is -0.524. The lowest BCUT2D eigenvalue weighted by Gasteiger charge is -2.18. The highest BCUT2D eigenvalue weighted by atomic mass is 35.5. The van der Waals surface area contributed by atoms with E-state index in [1.165, 1.54) is 0 Å². The Bertz CT molecular complexity index is 586. The maximum absolute atomic E-state index is 12.1. The summed E-state index contributed by atoms with van der Waals surface area (Å²) in [6, 6.07) is 16.6. The fourth-order valence-electron chi connectivity index (χ4n) is 2.06. The first-order valence-electron chi connectivity index (χ1n) is 6.90. The lowest BCUT2D eigenvalue weighted by molar-refractivity contribution is -0.145. The molecule has 0 aliphatic rings. The van der Waals surface area contributed by atoms with Crippen LogP contribution in [-0.4, -0.2) is 12.6 Å². The molecule has 21 heavy (non-hydrogen) atoms. The highest BCUT2D eigenvalue weighted by molar-refractivity contribution is 6.30. The van der Waals surface area contributed by atoms with Crippen LogP contribution in [0.5, 0.6) is 0 Å². The average Bonchev–Trinajstić information content (AvgIpc) is 2.49. The quantitative estimate of drug-likeness (QED) is 0.826. The van der Waals surface area contributed by atoms with Gasteiger partial charge in [-0.05, 0) is 30.2 Å². The van der Waals surface area contributed by atoms with Gasteiger partial charge in [0.1, 0.15) is 6.04 Å². The van der Waals surface area contributed by atoms with Crippen LogP contribution < -0.4 is 5.32 Å². The molecule has 0 aromatic heterocycles. The van der Waals surface area contributed by atoms with Crippen molar-refractivity contribution in [2.24, 2.45) is 0 Å². The molecule has 1 atom stereocenters. The van der Waals surface area contributed by atoms with E-state index >= 15 is 0 Å². The van der Waals surface area contributed by atoms with Crippen LogP contribution in [0, 0.1) is 0 Å². The van der Waals surface area contributed by atoms with E-state index in [-0.39, 0.29) is 5.97 Å². The lowest BCUT2D eigenvalue weighted by atomic mass is 10.1. The Hall–Kier alpha value is -1.84. The second-order valence-corrected chi connectivity index (χ2v) is 5.04. The van der Waals surface area contributed by atoms with Crippen LogP contribution in [0.2, 0.25) is 5.02 Å². The van der Waals surface area contributed by atoms with Gasteiger partial charge in [-0.25, -0.2) is 4.79 Å². The number of halogens is 1. The normalized spacial score (nSPS) is 11.9. The predicted octanol–water partition coefficient (Wildman–Crippen LogP) is 3.73. The van der Waals surface area contributed by atoms with Gasteiger partial charge in [-0.2, -0.15) is 0 Å². The standard InChI is InChI=1S/C17H18ClNO2/c1-2-21-17(20)16(14-9-6-10-15(18)11-14)19-12-13-7-4-3-5-8-13/h3-11,16,19H,2,12H2,1H3. The number of hydrogen-bond donors (Lipinski definition) is 1. The SMILES string of the molecule is CCOC(=O)C(NCc1ccccc1)c1cccc(Cl)c1. The van der Waals surface area contributed by atoms with E-state index in [2.05, 4.69) is 5.32 Å². The highest BCUT2D eigenvalue weighted by Gasteiger charge is 2.21. The molecule has 2 aromatic rings. The van der Waals surface area contributed by atoms with Crippen molar-refractivity contribution in [1.29, 1.82) is 0 Å². The molecule has 1 N–H and O–H groups in total. The molecule has 0 saturated carbocycles. The van der Waals surface area contributed by atoms with Gasteiger partial charge in [-0.3, -0.25) is 5.32 Å². The summed E-state index contributed by atoms with van der Waals surface area (Å²) in [5.74, 6) is -0.296. The van der Waals surface area contributed by atoms with Crippen LogP contribution in [0.4, 0.5) is 0 Å². The topological polar surface area (TPSA) is 38.3 Å². The molecular weight excluding hydrogens is 286 g/mol. The molecule has 0 heterocycles. The van der Waals surface area contributed by atoms with Gasteiger partial charge in [-0.15, -0.1) is 0 Å². The van der Waals surface area contributed by atoms with Gasteiger partial charge in [0.25, 0.3) is 0 Å². The molecule has 0 radical (unpaired) electrons. The minimum Gasteiger partial charge on any atom is -0.465 e. The summed E-state index contributed by atoms with van der Waals surface area (Å²) in [7, 11) is 0. The average molecular weight is 304 g/mol. The minimum absolute atomic E-state index is 0.296. The van der Waals surface area contributed by atoms with Crippen molar-refractivity contribution in [2.75, 3.05) is 6.61 Å². The van der Waals surface area contributed by atoms with E-state index in [4.69, 9.17) is 16.3 Å². The zero-order valence-electron chi connectivity index (χ0n) is 11.9. The summed E-state index contributed by atoms with van der Waals surface area (Å²) in [6.07, 6.45) is 0. The van der Waals surface area contributed by atoms with Gasteiger partial charge >= 0.3 is 5.97 Å². The number of rotatable bonds is 6. The van der Waals surface area contributed by atoms with Crippen LogP contribution >= 0.6 is 11.6 Å². The van der Waals surface area contributed by atoms with Crippen molar-refractivity contribution in [3.63, 3.8) is 0 Å².